The summed E-state index contributed by atoms with van der Waals surface area (Å²) >= 11 is 0. The molecule has 1 fully saturated rings. The molecule has 0 aliphatic carbocycles. The molecule has 1 aromatic carbocycles. The van der Waals surface area contributed by atoms with Crippen molar-refractivity contribution in [2.45, 2.75) is 26.2 Å². The predicted molar refractivity (Wildman–Crippen MR) is 83.8 cm³/mol. The monoisotopic (exact) mass is 336 g/mol. The van der Waals surface area contributed by atoms with Gasteiger partial charge in [-0.05, 0) is 38.0 Å². The van der Waals surface area contributed by atoms with Gasteiger partial charge in [0.15, 0.2) is 18.1 Å². The van der Waals surface area contributed by atoms with Crippen molar-refractivity contribution >= 4 is 17.8 Å². The average Bonchev–Trinajstić information content (AvgIpc) is 2.56. The molecule has 24 heavy (non-hydrogen) atoms. The third-order valence-electron chi connectivity index (χ3n) is 3.42. The van der Waals surface area contributed by atoms with E-state index >= 15 is 0 Å². The van der Waals surface area contributed by atoms with E-state index in [2.05, 4.69) is 5.43 Å². The first kappa shape index (κ1) is 17.6. The van der Waals surface area contributed by atoms with Gasteiger partial charge in [0.05, 0.1) is 6.61 Å². The molecule has 0 unspecified atom stereocenters. The molecule has 130 valence electrons. The minimum Gasteiger partial charge on any atom is -0.490 e. The summed E-state index contributed by atoms with van der Waals surface area (Å²) in [6.07, 6.45) is 2.10. The number of benzene rings is 1. The number of aliphatic carboxylic acids is 1. The second-order valence-corrected chi connectivity index (χ2v) is 5.22. The van der Waals surface area contributed by atoms with Gasteiger partial charge >= 0.3 is 5.97 Å². The number of carboxylic acid groups (broad SMARTS) is 1. The van der Waals surface area contributed by atoms with Crippen LogP contribution in [0.5, 0.6) is 11.5 Å². The van der Waals surface area contributed by atoms with E-state index in [0.29, 0.717) is 25.1 Å². The molecule has 0 spiro atoms. The van der Waals surface area contributed by atoms with E-state index in [1.807, 2.05) is 0 Å². The number of nitrogens with zero attached hydrogens (tertiary/aromatic N) is 1. The second-order valence-electron chi connectivity index (χ2n) is 5.22. The summed E-state index contributed by atoms with van der Waals surface area (Å²) in [4.78, 5) is 34.6. The molecule has 1 saturated heterocycles. The largest absolute Gasteiger partial charge is 0.490 e. The van der Waals surface area contributed by atoms with Crippen LogP contribution in [0.2, 0.25) is 0 Å². The quantitative estimate of drug-likeness (QED) is 0.775. The first-order valence-electron chi connectivity index (χ1n) is 7.74. The van der Waals surface area contributed by atoms with Gasteiger partial charge in [0.1, 0.15) is 0 Å². The third-order valence-corrected chi connectivity index (χ3v) is 3.42. The number of rotatable bonds is 7. The van der Waals surface area contributed by atoms with Crippen LogP contribution in [0, 0.1) is 0 Å². The fourth-order valence-corrected chi connectivity index (χ4v) is 2.29. The van der Waals surface area contributed by atoms with Gasteiger partial charge in [-0.2, -0.15) is 0 Å². The number of carboxylic acids is 1. The van der Waals surface area contributed by atoms with Crippen LogP contribution in [0.1, 0.15) is 36.5 Å². The van der Waals surface area contributed by atoms with Crippen LogP contribution in [0.3, 0.4) is 0 Å². The van der Waals surface area contributed by atoms with E-state index in [1.54, 1.807) is 6.92 Å². The minimum absolute atomic E-state index is 0.110. The van der Waals surface area contributed by atoms with Crippen LogP contribution in [0.15, 0.2) is 18.2 Å². The fraction of sp³-hybridized carbons (Fsp3) is 0.438. The van der Waals surface area contributed by atoms with Crippen molar-refractivity contribution in [1.29, 1.82) is 0 Å². The lowest BCUT2D eigenvalue weighted by Gasteiger charge is -2.27. The van der Waals surface area contributed by atoms with Gasteiger partial charge in [0.2, 0.25) is 5.91 Å². The zero-order chi connectivity index (χ0) is 17.5. The van der Waals surface area contributed by atoms with Gasteiger partial charge in [-0.15, -0.1) is 0 Å². The number of amides is 2. The van der Waals surface area contributed by atoms with Crippen LogP contribution in [0.25, 0.3) is 0 Å². The number of hydrogen-bond donors (Lipinski definition) is 2. The number of piperidine rings is 1. The van der Waals surface area contributed by atoms with Gasteiger partial charge in [0, 0.05) is 18.5 Å². The van der Waals surface area contributed by atoms with Crippen LogP contribution in [-0.2, 0) is 9.59 Å². The molecular formula is C16H20N2O6. The Kier molecular flexibility index (Phi) is 6.00. The Balaban J connectivity index is 2.11. The highest BCUT2D eigenvalue weighted by Crippen LogP contribution is 2.28. The first-order valence-corrected chi connectivity index (χ1v) is 7.74. The van der Waals surface area contributed by atoms with Crippen LogP contribution in [-0.4, -0.2) is 47.7 Å². The SMILES string of the molecule is CCOc1cc(C(=O)NN2CCCCC2=O)ccc1OCC(=O)O. The van der Waals surface area contributed by atoms with Crippen LogP contribution < -0.4 is 14.9 Å². The fourth-order valence-electron chi connectivity index (χ4n) is 2.29. The highest BCUT2D eigenvalue weighted by atomic mass is 16.5. The number of ether oxygens (including phenoxy) is 2. The van der Waals surface area contributed by atoms with Crippen molar-refractivity contribution in [3.05, 3.63) is 23.8 Å². The smallest absolute Gasteiger partial charge is 0.341 e. The molecule has 1 heterocycles. The standard InChI is InChI=1S/C16H20N2O6/c1-2-23-13-9-11(6-7-12(13)24-10-15(20)21)16(22)17-18-8-4-3-5-14(18)19/h6-7,9H,2-5,8,10H2,1H3,(H,17,22)(H,20,21). The Bertz CT molecular complexity index is 631. The molecule has 1 aliphatic rings. The maximum Gasteiger partial charge on any atom is 0.341 e. The van der Waals surface area contributed by atoms with Gasteiger partial charge < -0.3 is 14.6 Å². The molecule has 0 atom stereocenters. The van der Waals surface area contributed by atoms with Crippen LogP contribution >= 0.6 is 0 Å². The maximum atomic E-state index is 12.3. The number of hydrogen-bond acceptors (Lipinski definition) is 5. The molecule has 2 N–H and O–H groups in total. The Morgan fingerprint density at radius 2 is 2.04 bits per heavy atom. The number of carbonyl (C=O) groups excluding carboxylic acids is 2. The molecule has 0 aromatic heterocycles. The molecular weight excluding hydrogens is 316 g/mol. The molecule has 0 saturated carbocycles. The Morgan fingerprint density at radius 3 is 2.71 bits per heavy atom. The van der Waals surface area contributed by atoms with E-state index in [9.17, 15) is 14.4 Å². The van der Waals surface area contributed by atoms with Crippen molar-refractivity contribution in [3.63, 3.8) is 0 Å². The average molecular weight is 336 g/mol. The van der Waals surface area contributed by atoms with Crippen molar-refractivity contribution in [2.24, 2.45) is 0 Å². The first-order chi connectivity index (χ1) is 11.5. The predicted octanol–water partition coefficient (Wildman–Crippen LogP) is 1.21. The molecule has 1 aromatic rings. The summed E-state index contributed by atoms with van der Waals surface area (Å²) in [6, 6.07) is 4.43. The molecule has 2 amide bonds. The lowest BCUT2D eigenvalue weighted by molar-refractivity contribution is -0.139. The Morgan fingerprint density at radius 1 is 1.25 bits per heavy atom. The number of nitrogens with one attached hydrogen (secondary N) is 1. The van der Waals surface area contributed by atoms with Crippen LogP contribution in [0.4, 0.5) is 0 Å². The van der Waals surface area contributed by atoms with Gasteiger partial charge in [0.25, 0.3) is 5.91 Å². The maximum absolute atomic E-state index is 12.3. The van der Waals surface area contributed by atoms with Crippen molar-refractivity contribution in [3.8, 4) is 11.5 Å². The molecule has 0 bridgehead atoms. The number of hydrazine groups is 1. The molecule has 8 nitrogen and oxygen atoms in total. The molecule has 0 radical (unpaired) electrons. The summed E-state index contributed by atoms with van der Waals surface area (Å²) in [5, 5.41) is 10.00. The van der Waals surface area contributed by atoms with E-state index in [4.69, 9.17) is 14.6 Å². The third kappa shape index (κ3) is 4.61. The Labute approximate surface area is 139 Å². The van der Waals surface area contributed by atoms with Crippen molar-refractivity contribution in [1.82, 2.24) is 10.4 Å². The normalized spacial score (nSPS) is 14.2. The summed E-state index contributed by atoms with van der Waals surface area (Å²) in [7, 11) is 0. The van der Waals surface area contributed by atoms with Gasteiger partial charge in [-0.3, -0.25) is 20.0 Å². The highest BCUT2D eigenvalue weighted by Gasteiger charge is 2.21. The van der Waals surface area contributed by atoms with Crippen molar-refractivity contribution in [2.75, 3.05) is 19.8 Å². The lowest BCUT2D eigenvalue weighted by atomic mass is 10.1. The van der Waals surface area contributed by atoms with Gasteiger partial charge in [-0.1, -0.05) is 0 Å². The molecule has 8 heteroatoms. The summed E-state index contributed by atoms with van der Waals surface area (Å²) in [6.45, 7) is 2.08. The molecule has 1 aliphatic heterocycles. The van der Waals surface area contributed by atoms with E-state index in [1.165, 1.54) is 23.2 Å². The number of carbonyl (C=O) groups is 3. The highest BCUT2D eigenvalue weighted by molar-refractivity contribution is 5.96. The van der Waals surface area contributed by atoms with E-state index in [-0.39, 0.29) is 17.4 Å². The van der Waals surface area contributed by atoms with E-state index < -0.39 is 18.5 Å². The minimum atomic E-state index is -1.11. The summed E-state index contributed by atoms with van der Waals surface area (Å²) in [5.74, 6) is -1.14. The molecule has 2 rings (SSSR count). The summed E-state index contributed by atoms with van der Waals surface area (Å²) < 4.78 is 10.5. The lowest BCUT2D eigenvalue weighted by Crippen LogP contribution is -2.48. The second kappa shape index (κ2) is 8.19. The zero-order valence-electron chi connectivity index (χ0n) is 13.4. The van der Waals surface area contributed by atoms with E-state index in [0.717, 1.165) is 12.8 Å². The Hall–Kier alpha value is -2.77. The van der Waals surface area contributed by atoms with Crippen molar-refractivity contribution < 1.29 is 29.0 Å². The zero-order valence-corrected chi connectivity index (χ0v) is 13.4. The van der Waals surface area contributed by atoms with Gasteiger partial charge in [-0.25, -0.2) is 4.79 Å². The summed E-state index contributed by atoms with van der Waals surface area (Å²) in [5.41, 5.74) is 2.87. The topological polar surface area (TPSA) is 105 Å².